The molecule has 1 aliphatic rings. The Labute approximate surface area is 189 Å². The molecule has 0 spiro atoms. The summed E-state index contributed by atoms with van der Waals surface area (Å²) in [6, 6.07) is 13.2. The van der Waals surface area contributed by atoms with E-state index in [1.165, 1.54) is 33.3 Å². The zero-order valence-corrected chi connectivity index (χ0v) is 19.5. The maximum Gasteiger partial charge on any atom is 0.151 e. The average molecular weight is 429 g/mol. The Morgan fingerprint density at radius 3 is 2.28 bits per heavy atom. The fraction of sp³-hybridized carbons (Fsp3) is 0.385. The van der Waals surface area contributed by atoms with Gasteiger partial charge >= 0.3 is 0 Å². The van der Waals surface area contributed by atoms with E-state index in [0.717, 1.165) is 55.4 Å². The van der Waals surface area contributed by atoms with Crippen LogP contribution in [0.1, 0.15) is 22.5 Å². The highest BCUT2D eigenvalue weighted by Gasteiger charge is 2.25. The van der Waals surface area contributed by atoms with Gasteiger partial charge in [-0.25, -0.2) is 9.97 Å². The first kappa shape index (κ1) is 20.9. The van der Waals surface area contributed by atoms with Gasteiger partial charge in [-0.05, 0) is 44.9 Å². The summed E-state index contributed by atoms with van der Waals surface area (Å²) in [6.45, 7) is 14.1. The first-order valence-electron chi connectivity index (χ1n) is 11.5. The molecule has 0 amide bonds. The third-order valence-corrected chi connectivity index (χ3v) is 6.58. The van der Waals surface area contributed by atoms with Crippen molar-refractivity contribution in [2.24, 2.45) is 5.73 Å². The summed E-state index contributed by atoms with van der Waals surface area (Å²) in [4.78, 5) is 14.8. The highest BCUT2D eigenvalue weighted by molar-refractivity contribution is 6.13. The highest BCUT2D eigenvalue weighted by atomic mass is 15.3. The summed E-state index contributed by atoms with van der Waals surface area (Å²) in [6.07, 6.45) is 0. The number of benzene rings is 2. The molecule has 2 aromatic carbocycles. The molecule has 0 bridgehead atoms. The molecule has 0 saturated carbocycles. The van der Waals surface area contributed by atoms with Gasteiger partial charge in [0.25, 0.3) is 0 Å². The van der Waals surface area contributed by atoms with Crippen molar-refractivity contribution in [2.45, 2.75) is 27.7 Å². The van der Waals surface area contributed by atoms with E-state index in [0.29, 0.717) is 6.54 Å². The quantitative estimate of drug-likeness (QED) is 0.534. The second-order valence-corrected chi connectivity index (χ2v) is 9.01. The van der Waals surface area contributed by atoms with Crippen molar-refractivity contribution in [3.63, 3.8) is 0 Å². The summed E-state index contributed by atoms with van der Waals surface area (Å²) in [7, 11) is 0. The molecule has 32 heavy (non-hydrogen) atoms. The Bertz CT molecular complexity index is 1270. The van der Waals surface area contributed by atoms with E-state index in [2.05, 4.69) is 71.5 Å². The van der Waals surface area contributed by atoms with Crippen LogP contribution in [0.2, 0.25) is 0 Å². The Kier molecular flexibility index (Phi) is 5.35. The summed E-state index contributed by atoms with van der Waals surface area (Å²) >= 11 is 0. The van der Waals surface area contributed by atoms with Crippen LogP contribution in [0.4, 0.5) is 5.82 Å². The van der Waals surface area contributed by atoms with Crippen LogP contribution in [0.25, 0.3) is 27.6 Å². The summed E-state index contributed by atoms with van der Waals surface area (Å²) < 4.78 is 2.34. The van der Waals surface area contributed by atoms with Crippen molar-refractivity contribution in [3.05, 3.63) is 58.9 Å². The van der Waals surface area contributed by atoms with Gasteiger partial charge in [-0.1, -0.05) is 35.9 Å². The lowest BCUT2D eigenvalue weighted by Gasteiger charge is -2.35. The number of anilines is 1. The van der Waals surface area contributed by atoms with Gasteiger partial charge in [0.05, 0.1) is 16.6 Å². The van der Waals surface area contributed by atoms with E-state index < -0.39 is 0 Å². The zero-order valence-electron chi connectivity index (χ0n) is 19.5. The normalized spacial score (nSPS) is 15.2. The number of nitrogens with two attached hydrogens (primary N) is 1. The number of nitrogens with zero attached hydrogens (tertiary/aromatic N) is 5. The predicted molar refractivity (Wildman–Crippen MR) is 133 cm³/mol. The standard InChI is InChI=1S/C26H32N6/c1-17-15-18(2)24(19(3)16-17)32-22-8-6-5-7-21(22)23-25(28-20(4)29-26(23)32)31-13-11-30(10-9-27)12-14-31/h5-8,15-16H,9-14,27H2,1-4H3. The maximum absolute atomic E-state index is 5.77. The van der Waals surface area contributed by atoms with Gasteiger partial charge in [0.2, 0.25) is 0 Å². The van der Waals surface area contributed by atoms with Crippen LogP contribution < -0.4 is 10.6 Å². The molecule has 0 aliphatic carbocycles. The SMILES string of the molecule is Cc1cc(C)c(-n2c3ccccc3c3c(N4CCN(CCN)CC4)nc(C)nc32)c(C)c1. The van der Waals surface area contributed by atoms with Gasteiger partial charge in [-0.3, -0.25) is 9.47 Å². The van der Waals surface area contributed by atoms with E-state index in [9.17, 15) is 0 Å². The van der Waals surface area contributed by atoms with Gasteiger partial charge in [0.1, 0.15) is 11.6 Å². The third-order valence-electron chi connectivity index (χ3n) is 6.58. The minimum Gasteiger partial charge on any atom is -0.353 e. The fourth-order valence-corrected chi connectivity index (χ4v) is 5.29. The van der Waals surface area contributed by atoms with Gasteiger partial charge in [-0.15, -0.1) is 0 Å². The molecule has 1 aliphatic heterocycles. The molecule has 166 valence electrons. The zero-order chi connectivity index (χ0) is 22.4. The fourth-order valence-electron chi connectivity index (χ4n) is 5.29. The van der Waals surface area contributed by atoms with Crippen LogP contribution in [0.3, 0.4) is 0 Å². The maximum atomic E-state index is 5.77. The van der Waals surface area contributed by atoms with Gasteiger partial charge in [0, 0.05) is 44.7 Å². The van der Waals surface area contributed by atoms with E-state index in [1.54, 1.807) is 0 Å². The Morgan fingerprint density at radius 2 is 1.59 bits per heavy atom. The van der Waals surface area contributed by atoms with E-state index in [-0.39, 0.29) is 0 Å². The van der Waals surface area contributed by atoms with Crippen molar-refractivity contribution in [1.82, 2.24) is 19.4 Å². The number of hydrogen-bond donors (Lipinski definition) is 1. The van der Waals surface area contributed by atoms with Crippen LogP contribution in [0.5, 0.6) is 0 Å². The smallest absolute Gasteiger partial charge is 0.151 e. The van der Waals surface area contributed by atoms with Crippen molar-refractivity contribution in [3.8, 4) is 5.69 Å². The number of aromatic nitrogens is 3. The molecule has 2 aromatic heterocycles. The number of hydrogen-bond acceptors (Lipinski definition) is 5. The molecule has 1 saturated heterocycles. The first-order chi connectivity index (χ1) is 15.5. The molecule has 0 radical (unpaired) electrons. The van der Waals surface area contributed by atoms with Gasteiger partial charge < -0.3 is 10.6 Å². The second kappa shape index (κ2) is 8.19. The van der Waals surface area contributed by atoms with Crippen LogP contribution >= 0.6 is 0 Å². The van der Waals surface area contributed by atoms with Crippen LogP contribution in [-0.2, 0) is 0 Å². The second-order valence-electron chi connectivity index (χ2n) is 9.01. The van der Waals surface area contributed by atoms with Crippen molar-refractivity contribution in [1.29, 1.82) is 0 Å². The van der Waals surface area contributed by atoms with E-state index >= 15 is 0 Å². The monoisotopic (exact) mass is 428 g/mol. The molecule has 6 nitrogen and oxygen atoms in total. The predicted octanol–water partition coefficient (Wildman–Crippen LogP) is 3.89. The van der Waals surface area contributed by atoms with Gasteiger partial charge in [-0.2, -0.15) is 0 Å². The molecule has 3 heterocycles. The number of aryl methyl sites for hydroxylation is 4. The lowest BCUT2D eigenvalue weighted by atomic mass is 10.0. The van der Waals surface area contributed by atoms with Crippen LogP contribution in [0, 0.1) is 27.7 Å². The molecule has 4 aromatic rings. The Morgan fingerprint density at radius 1 is 0.906 bits per heavy atom. The number of piperazine rings is 1. The minimum absolute atomic E-state index is 0.708. The molecule has 0 unspecified atom stereocenters. The van der Waals surface area contributed by atoms with Crippen molar-refractivity contribution < 1.29 is 0 Å². The lowest BCUT2D eigenvalue weighted by Crippen LogP contribution is -2.48. The topological polar surface area (TPSA) is 63.2 Å². The average Bonchev–Trinajstić information content (AvgIpc) is 3.07. The van der Waals surface area contributed by atoms with E-state index in [4.69, 9.17) is 15.7 Å². The molecule has 6 heteroatoms. The van der Waals surface area contributed by atoms with Gasteiger partial charge in [0.15, 0.2) is 5.65 Å². The Balaban J connectivity index is 1.76. The molecular formula is C26H32N6. The molecule has 2 N–H and O–H groups in total. The molecule has 1 fully saturated rings. The van der Waals surface area contributed by atoms with Crippen LogP contribution in [-0.4, -0.2) is 58.7 Å². The van der Waals surface area contributed by atoms with Crippen molar-refractivity contribution >= 4 is 27.8 Å². The molecule has 5 rings (SSSR count). The lowest BCUT2D eigenvalue weighted by molar-refractivity contribution is 0.264. The minimum atomic E-state index is 0.708. The third kappa shape index (κ3) is 3.44. The number of rotatable bonds is 4. The van der Waals surface area contributed by atoms with Crippen molar-refractivity contribution in [2.75, 3.05) is 44.2 Å². The number of fused-ring (bicyclic) bond motifs is 3. The van der Waals surface area contributed by atoms with E-state index in [1.807, 2.05) is 6.92 Å². The Hall–Kier alpha value is -2.96. The molecular weight excluding hydrogens is 396 g/mol. The first-order valence-corrected chi connectivity index (χ1v) is 11.5. The molecule has 0 atom stereocenters. The summed E-state index contributed by atoms with van der Waals surface area (Å²) in [5.74, 6) is 1.86. The summed E-state index contributed by atoms with van der Waals surface area (Å²) in [5.41, 5.74) is 13.0. The van der Waals surface area contributed by atoms with Crippen LogP contribution in [0.15, 0.2) is 36.4 Å². The highest BCUT2D eigenvalue weighted by Crippen LogP contribution is 2.38. The largest absolute Gasteiger partial charge is 0.353 e. The summed E-state index contributed by atoms with van der Waals surface area (Å²) in [5, 5.41) is 2.36. The number of para-hydroxylation sites is 1.